The monoisotopic (exact) mass is 268 g/mol. The highest BCUT2D eigenvalue weighted by molar-refractivity contribution is 5.83. The highest BCUT2D eigenvalue weighted by atomic mass is 16.2. The van der Waals surface area contributed by atoms with E-state index in [-0.39, 0.29) is 12.1 Å². The summed E-state index contributed by atoms with van der Waals surface area (Å²) in [5, 5.41) is 8.36. The van der Waals surface area contributed by atoms with Crippen LogP contribution in [0.4, 0.5) is 4.79 Å². The van der Waals surface area contributed by atoms with Gasteiger partial charge in [-0.3, -0.25) is 0 Å². The summed E-state index contributed by atoms with van der Waals surface area (Å²) in [6, 6.07) is 14.5. The Morgan fingerprint density at radius 2 is 1.95 bits per heavy atom. The number of fused-ring (bicyclic) bond motifs is 1. The van der Waals surface area contributed by atoms with Gasteiger partial charge in [0, 0.05) is 6.54 Å². The molecule has 20 heavy (non-hydrogen) atoms. The molecule has 3 heteroatoms. The highest BCUT2D eigenvalue weighted by Gasteiger charge is 2.21. The van der Waals surface area contributed by atoms with E-state index in [1.54, 1.807) is 0 Å². The molecule has 2 N–H and O–H groups in total. The van der Waals surface area contributed by atoms with Crippen molar-refractivity contribution < 1.29 is 4.79 Å². The molecule has 0 aliphatic heterocycles. The summed E-state index contributed by atoms with van der Waals surface area (Å²) in [6.45, 7) is 2.82. The Bertz CT molecular complexity index is 619. The molecule has 0 aromatic heterocycles. The number of carbonyl (C=O) groups excluding carboxylic acids is 1. The van der Waals surface area contributed by atoms with E-state index >= 15 is 0 Å². The minimum Gasteiger partial charge on any atom is -0.338 e. The second-order valence-electron chi connectivity index (χ2n) is 5.63. The van der Waals surface area contributed by atoms with Crippen LogP contribution in [-0.4, -0.2) is 12.6 Å². The fraction of sp³-hybridized carbons (Fsp3) is 0.353. The molecule has 1 atom stereocenters. The second-order valence-corrected chi connectivity index (χ2v) is 5.63. The van der Waals surface area contributed by atoms with E-state index in [0.29, 0.717) is 5.92 Å². The van der Waals surface area contributed by atoms with Gasteiger partial charge in [-0.15, -0.1) is 0 Å². The summed E-state index contributed by atoms with van der Waals surface area (Å²) < 4.78 is 0. The second kappa shape index (κ2) is 5.53. The van der Waals surface area contributed by atoms with E-state index in [4.69, 9.17) is 0 Å². The van der Waals surface area contributed by atoms with Crippen molar-refractivity contribution in [2.24, 2.45) is 5.92 Å². The molecule has 1 aliphatic rings. The highest BCUT2D eigenvalue weighted by Crippen LogP contribution is 2.27. The molecule has 0 radical (unpaired) electrons. The van der Waals surface area contributed by atoms with Crippen molar-refractivity contribution in [3.63, 3.8) is 0 Å². The lowest BCUT2D eigenvalue weighted by atomic mass is 10.0. The first-order chi connectivity index (χ1) is 9.72. The number of urea groups is 1. The van der Waals surface area contributed by atoms with Crippen LogP contribution in [0.3, 0.4) is 0 Å². The van der Waals surface area contributed by atoms with Gasteiger partial charge in [0.25, 0.3) is 0 Å². The van der Waals surface area contributed by atoms with Crippen molar-refractivity contribution in [2.75, 3.05) is 6.54 Å². The van der Waals surface area contributed by atoms with E-state index < -0.39 is 0 Å². The third kappa shape index (κ3) is 3.10. The van der Waals surface area contributed by atoms with Crippen LogP contribution < -0.4 is 10.6 Å². The lowest BCUT2D eigenvalue weighted by molar-refractivity contribution is 0.237. The predicted molar refractivity (Wildman–Crippen MR) is 81.6 cm³/mol. The fourth-order valence-electron chi connectivity index (χ4n) is 2.37. The van der Waals surface area contributed by atoms with Crippen LogP contribution in [0.25, 0.3) is 10.8 Å². The first kappa shape index (κ1) is 13.0. The Hall–Kier alpha value is -2.03. The molecule has 2 aromatic rings. The summed E-state index contributed by atoms with van der Waals surface area (Å²) in [4.78, 5) is 11.8. The number of amides is 2. The van der Waals surface area contributed by atoms with Crippen LogP contribution in [0.15, 0.2) is 42.5 Å². The number of nitrogens with one attached hydrogen (secondary N) is 2. The topological polar surface area (TPSA) is 41.1 Å². The molecule has 3 rings (SSSR count). The minimum atomic E-state index is -0.0717. The van der Waals surface area contributed by atoms with Crippen LogP contribution >= 0.6 is 0 Å². The normalized spacial score (nSPS) is 15.8. The van der Waals surface area contributed by atoms with Crippen LogP contribution in [0.2, 0.25) is 0 Å². The molecule has 1 unspecified atom stereocenters. The number of benzene rings is 2. The van der Waals surface area contributed by atoms with Gasteiger partial charge >= 0.3 is 6.03 Å². The zero-order valence-corrected chi connectivity index (χ0v) is 11.7. The van der Waals surface area contributed by atoms with Gasteiger partial charge in [-0.1, -0.05) is 36.4 Å². The molecule has 104 valence electrons. The lowest BCUT2D eigenvalue weighted by Crippen LogP contribution is -2.38. The van der Waals surface area contributed by atoms with E-state index in [1.165, 1.54) is 23.6 Å². The number of hydrogen-bond acceptors (Lipinski definition) is 1. The molecule has 2 amide bonds. The van der Waals surface area contributed by atoms with Gasteiger partial charge in [0.2, 0.25) is 0 Å². The van der Waals surface area contributed by atoms with Gasteiger partial charge in [-0.2, -0.15) is 0 Å². The maximum Gasteiger partial charge on any atom is 0.315 e. The largest absolute Gasteiger partial charge is 0.338 e. The zero-order valence-electron chi connectivity index (χ0n) is 11.7. The van der Waals surface area contributed by atoms with Crippen molar-refractivity contribution in [1.82, 2.24) is 10.6 Å². The Labute approximate surface area is 119 Å². The van der Waals surface area contributed by atoms with E-state index in [9.17, 15) is 4.79 Å². The van der Waals surface area contributed by atoms with Gasteiger partial charge in [-0.25, -0.2) is 4.79 Å². The Kier molecular flexibility index (Phi) is 3.59. The summed E-state index contributed by atoms with van der Waals surface area (Å²) in [5.41, 5.74) is 1.13. The van der Waals surface area contributed by atoms with E-state index in [0.717, 1.165) is 12.1 Å². The van der Waals surface area contributed by atoms with Crippen LogP contribution in [0, 0.1) is 5.92 Å². The summed E-state index contributed by atoms with van der Waals surface area (Å²) in [5.74, 6) is 0.705. The van der Waals surface area contributed by atoms with Gasteiger partial charge in [0.1, 0.15) is 0 Å². The summed E-state index contributed by atoms with van der Waals surface area (Å²) >= 11 is 0. The first-order valence-electron chi connectivity index (χ1n) is 7.25. The molecule has 2 aromatic carbocycles. The molecule has 0 bridgehead atoms. The summed E-state index contributed by atoms with van der Waals surface area (Å²) in [7, 11) is 0. The summed E-state index contributed by atoms with van der Waals surface area (Å²) in [6.07, 6.45) is 2.50. The minimum absolute atomic E-state index is 0.0128. The van der Waals surface area contributed by atoms with Crippen LogP contribution in [-0.2, 0) is 0 Å². The average molecular weight is 268 g/mol. The average Bonchev–Trinajstić information content (AvgIpc) is 3.29. The lowest BCUT2D eigenvalue weighted by Gasteiger charge is -2.15. The molecule has 3 nitrogen and oxygen atoms in total. The predicted octanol–water partition coefficient (Wildman–Crippen LogP) is 3.61. The van der Waals surface area contributed by atoms with Crippen molar-refractivity contribution in [3.05, 3.63) is 48.0 Å². The first-order valence-corrected chi connectivity index (χ1v) is 7.25. The third-order valence-electron chi connectivity index (χ3n) is 3.87. The number of rotatable bonds is 4. The quantitative estimate of drug-likeness (QED) is 0.873. The molecule has 1 saturated carbocycles. The molecular weight excluding hydrogens is 248 g/mol. The van der Waals surface area contributed by atoms with Crippen molar-refractivity contribution in [3.8, 4) is 0 Å². The van der Waals surface area contributed by atoms with Gasteiger partial charge < -0.3 is 10.6 Å². The Morgan fingerprint density at radius 3 is 2.70 bits per heavy atom. The van der Waals surface area contributed by atoms with Crippen molar-refractivity contribution >= 4 is 16.8 Å². The fourth-order valence-corrected chi connectivity index (χ4v) is 2.37. The number of carbonyl (C=O) groups is 1. The Morgan fingerprint density at radius 1 is 1.20 bits per heavy atom. The molecule has 0 spiro atoms. The molecule has 0 saturated heterocycles. The van der Waals surface area contributed by atoms with E-state index in [2.05, 4.69) is 41.0 Å². The van der Waals surface area contributed by atoms with Gasteiger partial charge in [-0.05, 0) is 48.1 Å². The van der Waals surface area contributed by atoms with Crippen LogP contribution in [0.1, 0.15) is 31.4 Å². The maximum atomic E-state index is 11.8. The van der Waals surface area contributed by atoms with Crippen molar-refractivity contribution in [2.45, 2.75) is 25.8 Å². The molecular formula is C17H20N2O. The van der Waals surface area contributed by atoms with Crippen molar-refractivity contribution in [1.29, 1.82) is 0 Å². The van der Waals surface area contributed by atoms with Gasteiger partial charge in [0.05, 0.1) is 6.04 Å². The third-order valence-corrected chi connectivity index (χ3v) is 3.87. The standard InChI is InChI=1S/C17H20N2O/c1-12(19-17(20)18-11-13-6-7-13)15-9-8-14-4-2-3-5-16(14)10-15/h2-5,8-10,12-13H,6-7,11H2,1H3,(H2,18,19,20). The smallest absolute Gasteiger partial charge is 0.315 e. The molecule has 1 aliphatic carbocycles. The molecule has 1 fully saturated rings. The van der Waals surface area contributed by atoms with E-state index in [1.807, 2.05) is 19.1 Å². The van der Waals surface area contributed by atoms with Gasteiger partial charge in [0.15, 0.2) is 0 Å². The SMILES string of the molecule is CC(NC(=O)NCC1CC1)c1ccc2ccccc2c1. The van der Waals surface area contributed by atoms with Crippen LogP contribution in [0.5, 0.6) is 0 Å². The zero-order chi connectivity index (χ0) is 13.9. The maximum absolute atomic E-state index is 11.8. The number of hydrogen-bond donors (Lipinski definition) is 2. The Balaban J connectivity index is 1.64. The molecule has 0 heterocycles.